The molecule has 0 fully saturated rings. The van der Waals surface area contributed by atoms with Gasteiger partial charge in [-0.3, -0.25) is 0 Å². The maximum absolute atomic E-state index is 7.48. The molecule has 1 aromatic heterocycles. The summed E-state index contributed by atoms with van der Waals surface area (Å²) in [6.07, 6.45) is 9.01. The van der Waals surface area contributed by atoms with Gasteiger partial charge in [0.05, 0.1) is 7.05 Å². The SMILES string of the molecule is Cn1cc[n+](Cc2ccccc2)c1.N#CNC#N. The molecule has 0 amide bonds. The summed E-state index contributed by atoms with van der Waals surface area (Å²) in [6.45, 7) is 0.946. The summed E-state index contributed by atoms with van der Waals surface area (Å²) in [6, 6.07) is 10.5. The minimum absolute atomic E-state index is 0.946. The second-order valence-electron chi connectivity index (χ2n) is 3.59. The summed E-state index contributed by atoms with van der Waals surface area (Å²) in [4.78, 5) is 0. The second kappa shape index (κ2) is 7.48. The zero-order valence-corrected chi connectivity index (χ0v) is 10.1. The molecule has 0 unspecified atom stereocenters. The molecule has 0 aliphatic heterocycles. The van der Waals surface area contributed by atoms with Crippen LogP contribution in [0.3, 0.4) is 0 Å². The van der Waals surface area contributed by atoms with E-state index in [1.54, 1.807) is 5.32 Å². The third-order valence-electron chi connectivity index (χ3n) is 2.14. The number of nitrogens with zero attached hydrogens (tertiary/aromatic N) is 4. The van der Waals surface area contributed by atoms with Crippen LogP contribution in [0, 0.1) is 22.9 Å². The number of hydrogen-bond donors (Lipinski definition) is 1. The van der Waals surface area contributed by atoms with Gasteiger partial charge in [0.1, 0.15) is 18.9 Å². The predicted octanol–water partition coefficient (Wildman–Crippen LogP) is 0.899. The van der Waals surface area contributed by atoms with Crippen molar-refractivity contribution in [1.82, 2.24) is 9.88 Å². The molecule has 2 rings (SSSR count). The van der Waals surface area contributed by atoms with Gasteiger partial charge in [-0.25, -0.2) is 14.5 Å². The number of benzene rings is 1. The van der Waals surface area contributed by atoms with Crippen LogP contribution in [-0.4, -0.2) is 4.57 Å². The van der Waals surface area contributed by atoms with Gasteiger partial charge in [0.2, 0.25) is 6.33 Å². The third-order valence-corrected chi connectivity index (χ3v) is 2.14. The summed E-state index contributed by atoms with van der Waals surface area (Å²) in [5.74, 6) is 0. The highest BCUT2D eigenvalue weighted by Crippen LogP contribution is 1.96. The van der Waals surface area contributed by atoms with E-state index in [1.807, 2.05) is 23.9 Å². The molecule has 0 aliphatic rings. The Bertz CT molecular complexity index is 533. The van der Waals surface area contributed by atoms with Crippen LogP contribution in [0.4, 0.5) is 0 Å². The van der Waals surface area contributed by atoms with Gasteiger partial charge in [-0.1, -0.05) is 30.3 Å². The van der Waals surface area contributed by atoms with Gasteiger partial charge in [0, 0.05) is 0 Å². The molecule has 0 radical (unpaired) electrons. The van der Waals surface area contributed by atoms with Crippen LogP contribution in [-0.2, 0) is 13.6 Å². The Labute approximate surface area is 106 Å². The molecule has 18 heavy (non-hydrogen) atoms. The van der Waals surface area contributed by atoms with E-state index in [1.165, 1.54) is 17.9 Å². The van der Waals surface area contributed by atoms with Gasteiger partial charge >= 0.3 is 0 Å². The normalized spacial score (nSPS) is 8.39. The third kappa shape index (κ3) is 4.82. The summed E-state index contributed by atoms with van der Waals surface area (Å²) < 4.78 is 4.21. The monoisotopic (exact) mass is 240 g/mol. The van der Waals surface area contributed by atoms with E-state index in [2.05, 4.69) is 41.4 Å². The maximum Gasteiger partial charge on any atom is 0.243 e. The minimum atomic E-state index is 0.946. The van der Waals surface area contributed by atoms with E-state index in [0.717, 1.165) is 6.54 Å². The average molecular weight is 240 g/mol. The van der Waals surface area contributed by atoms with Gasteiger partial charge in [-0.15, -0.1) is 0 Å². The largest absolute Gasteiger partial charge is 0.243 e. The van der Waals surface area contributed by atoms with Crippen molar-refractivity contribution < 1.29 is 4.57 Å². The van der Waals surface area contributed by atoms with Crippen LogP contribution >= 0.6 is 0 Å². The van der Waals surface area contributed by atoms with Crippen molar-refractivity contribution in [2.75, 3.05) is 0 Å². The lowest BCUT2D eigenvalue weighted by atomic mass is 10.2. The highest BCUT2D eigenvalue weighted by molar-refractivity contribution is 5.13. The van der Waals surface area contributed by atoms with Crippen LogP contribution in [0.2, 0.25) is 0 Å². The average Bonchev–Trinajstić information content (AvgIpc) is 2.78. The molecule has 1 heterocycles. The van der Waals surface area contributed by atoms with E-state index in [9.17, 15) is 0 Å². The maximum atomic E-state index is 7.48. The smallest absolute Gasteiger partial charge is 0.240 e. The van der Waals surface area contributed by atoms with E-state index < -0.39 is 0 Å². The summed E-state index contributed by atoms with van der Waals surface area (Å²) in [5.41, 5.74) is 1.33. The Morgan fingerprint density at radius 3 is 2.33 bits per heavy atom. The van der Waals surface area contributed by atoms with Gasteiger partial charge in [-0.2, -0.15) is 10.5 Å². The molecule has 1 N–H and O–H groups in total. The van der Waals surface area contributed by atoms with Crippen molar-refractivity contribution >= 4 is 0 Å². The molecule has 5 heteroatoms. The molecular formula is C13H14N5+. The number of aryl methyl sites for hydroxylation is 1. The van der Waals surface area contributed by atoms with E-state index >= 15 is 0 Å². The van der Waals surface area contributed by atoms with E-state index in [-0.39, 0.29) is 0 Å². The standard InChI is InChI=1S/C11H13N2.C2HN3/c1-12-7-8-13(10-12)9-11-5-3-2-4-6-11;3-1-5-2-4/h2-8,10H,9H2,1H3;5H/q+1;. The molecule has 0 aliphatic carbocycles. The quantitative estimate of drug-likeness (QED) is 0.481. The lowest BCUT2D eigenvalue weighted by molar-refractivity contribution is -0.687. The Balaban J connectivity index is 0.000000280. The summed E-state index contributed by atoms with van der Waals surface area (Å²) in [5, 5.41) is 16.7. The van der Waals surface area contributed by atoms with Crippen molar-refractivity contribution in [2.24, 2.45) is 7.05 Å². The fourth-order valence-electron chi connectivity index (χ4n) is 1.41. The fourth-order valence-corrected chi connectivity index (χ4v) is 1.41. The van der Waals surface area contributed by atoms with Gasteiger partial charge in [0.25, 0.3) is 0 Å². The number of hydrogen-bond acceptors (Lipinski definition) is 3. The van der Waals surface area contributed by atoms with Crippen LogP contribution in [0.1, 0.15) is 5.56 Å². The number of nitriles is 2. The van der Waals surface area contributed by atoms with E-state index in [4.69, 9.17) is 10.5 Å². The molecule has 2 aromatic rings. The highest BCUT2D eigenvalue weighted by Gasteiger charge is 1.99. The molecule has 0 atom stereocenters. The highest BCUT2D eigenvalue weighted by atomic mass is 15.1. The Morgan fingerprint density at radius 2 is 1.89 bits per heavy atom. The van der Waals surface area contributed by atoms with Crippen molar-refractivity contribution in [3.63, 3.8) is 0 Å². The first-order chi connectivity index (χ1) is 8.76. The zero-order chi connectivity index (χ0) is 13.2. The molecule has 0 spiro atoms. The first-order valence-electron chi connectivity index (χ1n) is 5.34. The summed E-state index contributed by atoms with van der Waals surface area (Å²) in [7, 11) is 2.03. The summed E-state index contributed by atoms with van der Waals surface area (Å²) >= 11 is 0. The molecule has 1 aromatic carbocycles. The van der Waals surface area contributed by atoms with E-state index in [0.29, 0.717) is 0 Å². The molecule has 0 saturated heterocycles. The number of aromatic nitrogens is 2. The Kier molecular flexibility index (Phi) is 5.52. The first kappa shape index (κ1) is 13.3. The lowest BCUT2D eigenvalue weighted by Crippen LogP contribution is -2.31. The Hall–Kier alpha value is -2.79. The Morgan fingerprint density at radius 1 is 1.22 bits per heavy atom. The van der Waals surface area contributed by atoms with Gasteiger partial charge in [0.15, 0.2) is 12.4 Å². The van der Waals surface area contributed by atoms with Crippen molar-refractivity contribution in [1.29, 1.82) is 10.5 Å². The first-order valence-corrected chi connectivity index (χ1v) is 5.34. The molecule has 0 saturated carbocycles. The van der Waals surface area contributed by atoms with Crippen molar-refractivity contribution in [2.45, 2.75) is 6.54 Å². The second-order valence-corrected chi connectivity index (χ2v) is 3.59. The zero-order valence-electron chi connectivity index (χ0n) is 10.1. The van der Waals surface area contributed by atoms with Gasteiger partial charge < -0.3 is 0 Å². The number of imidazole rings is 1. The van der Waals surface area contributed by atoms with Crippen LogP contribution in [0.25, 0.3) is 0 Å². The van der Waals surface area contributed by atoms with Crippen molar-refractivity contribution in [3.05, 3.63) is 54.6 Å². The molecule has 5 nitrogen and oxygen atoms in total. The van der Waals surface area contributed by atoms with Crippen LogP contribution < -0.4 is 9.88 Å². The molecule has 90 valence electrons. The van der Waals surface area contributed by atoms with Crippen LogP contribution in [0.15, 0.2) is 49.1 Å². The number of rotatable bonds is 2. The topological polar surface area (TPSA) is 68.4 Å². The number of nitrogens with one attached hydrogen (secondary N) is 1. The minimum Gasteiger partial charge on any atom is -0.240 e. The van der Waals surface area contributed by atoms with Gasteiger partial charge in [-0.05, 0) is 5.56 Å². The molecular weight excluding hydrogens is 226 g/mol. The fraction of sp³-hybridized carbons (Fsp3) is 0.154. The lowest BCUT2D eigenvalue weighted by Gasteiger charge is -1.95. The van der Waals surface area contributed by atoms with Crippen molar-refractivity contribution in [3.8, 4) is 12.4 Å². The predicted molar refractivity (Wildman–Crippen MR) is 65.5 cm³/mol. The van der Waals surface area contributed by atoms with Crippen LogP contribution in [0.5, 0.6) is 0 Å². The molecule has 0 bridgehead atoms.